The minimum Gasteiger partial charge on any atom is -0.489 e. The van der Waals surface area contributed by atoms with Crippen molar-refractivity contribution in [2.24, 2.45) is 0 Å². The molecule has 40 heavy (non-hydrogen) atoms. The van der Waals surface area contributed by atoms with E-state index in [0.717, 1.165) is 22.3 Å². The summed E-state index contributed by atoms with van der Waals surface area (Å²) in [5, 5.41) is 13.4. The Morgan fingerprint density at radius 2 is 1.98 bits per heavy atom. The monoisotopic (exact) mass is 550 g/mol. The molecule has 3 N–H and O–H groups in total. The number of anilines is 1. The number of hydrogen-bond acceptors (Lipinski definition) is 8. The first kappa shape index (κ1) is 28.9. The SMILES string of the molecule is Cc1c(-c2noc(-c3ccc(OC(C)C)c(N)c3)n2)ccc2c1CCN(C(=O)OC(C)(C)C)C2CCCC(=O)O. The number of amides is 1. The zero-order valence-electron chi connectivity index (χ0n) is 24.0. The van der Waals surface area contributed by atoms with Gasteiger partial charge in [-0.2, -0.15) is 4.98 Å². The first-order valence-electron chi connectivity index (χ1n) is 13.6. The molecular weight excluding hydrogens is 512 g/mol. The fourth-order valence-electron chi connectivity index (χ4n) is 5.01. The van der Waals surface area contributed by atoms with Gasteiger partial charge in [0, 0.05) is 24.1 Å². The summed E-state index contributed by atoms with van der Waals surface area (Å²) >= 11 is 0. The summed E-state index contributed by atoms with van der Waals surface area (Å²) in [6.07, 6.45) is 1.23. The van der Waals surface area contributed by atoms with Crippen molar-refractivity contribution in [3.05, 3.63) is 47.0 Å². The molecule has 1 aliphatic heterocycles. The topological polar surface area (TPSA) is 141 Å². The van der Waals surface area contributed by atoms with Gasteiger partial charge in [-0.1, -0.05) is 17.3 Å². The van der Waals surface area contributed by atoms with Gasteiger partial charge in [-0.25, -0.2) is 4.79 Å². The van der Waals surface area contributed by atoms with Gasteiger partial charge in [0.15, 0.2) is 0 Å². The van der Waals surface area contributed by atoms with Crippen molar-refractivity contribution in [3.63, 3.8) is 0 Å². The third kappa shape index (κ3) is 6.55. The minimum absolute atomic E-state index is 0.00289. The Labute approximate surface area is 234 Å². The minimum atomic E-state index is -0.858. The van der Waals surface area contributed by atoms with E-state index in [9.17, 15) is 14.7 Å². The van der Waals surface area contributed by atoms with Crippen molar-refractivity contribution in [2.75, 3.05) is 12.3 Å². The summed E-state index contributed by atoms with van der Waals surface area (Å²) < 4.78 is 17.0. The molecule has 1 amide bonds. The summed E-state index contributed by atoms with van der Waals surface area (Å²) in [5.74, 6) is 0.538. The van der Waals surface area contributed by atoms with E-state index in [1.807, 2.05) is 59.7 Å². The van der Waals surface area contributed by atoms with Gasteiger partial charge in [-0.15, -0.1) is 0 Å². The van der Waals surface area contributed by atoms with Gasteiger partial charge in [0.2, 0.25) is 5.82 Å². The summed E-state index contributed by atoms with van der Waals surface area (Å²) in [6, 6.07) is 8.99. The van der Waals surface area contributed by atoms with E-state index in [1.54, 1.807) is 17.0 Å². The average Bonchev–Trinajstić information content (AvgIpc) is 3.34. The Bertz CT molecular complexity index is 1390. The summed E-state index contributed by atoms with van der Waals surface area (Å²) in [4.78, 5) is 30.6. The molecule has 2 aromatic carbocycles. The van der Waals surface area contributed by atoms with Crippen molar-refractivity contribution >= 4 is 17.7 Å². The third-order valence-corrected chi connectivity index (χ3v) is 6.76. The van der Waals surface area contributed by atoms with Crippen molar-refractivity contribution < 1.29 is 28.7 Å². The zero-order chi connectivity index (χ0) is 29.2. The molecule has 1 aliphatic rings. The number of ether oxygens (including phenoxy) is 2. The number of aliphatic carboxylic acids is 1. The van der Waals surface area contributed by atoms with Gasteiger partial charge < -0.3 is 29.7 Å². The highest BCUT2D eigenvalue weighted by atomic mass is 16.6. The standard InChI is InChI=1S/C30H38N4O6/c1-17(2)38-25-13-10-19(16-23(25)31)28-32-27(33-40-28)21-11-12-22-20(18(21)3)14-15-34(29(37)39-30(4,5)6)24(22)8-7-9-26(35)36/h10-13,16-17,24H,7-9,14-15,31H2,1-6H3,(H,35,36). The number of carbonyl (C=O) groups is 2. The van der Waals surface area contributed by atoms with Crippen molar-refractivity contribution in [2.45, 2.75) is 85.0 Å². The lowest BCUT2D eigenvalue weighted by Gasteiger charge is -2.39. The van der Waals surface area contributed by atoms with Crippen LogP contribution in [-0.4, -0.2) is 50.5 Å². The Balaban J connectivity index is 1.63. The molecule has 214 valence electrons. The van der Waals surface area contributed by atoms with Gasteiger partial charge in [0.05, 0.1) is 17.8 Å². The number of fused-ring (bicyclic) bond motifs is 1. The number of rotatable bonds is 8. The fraction of sp³-hybridized carbons (Fsp3) is 0.467. The van der Waals surface area contributed by atoms with Gasteiger partial charge in [-0.05, 0) is 95.7 Å². The first-order valence-corrected chi connectivity index (χ1v) is 13.6. The first-order chi connectivity index (χ1) is 18.8. The molecule has 3 aromatic rings. The van der Waals surface area contributed by atoms with Crippen LogP contribution < -0.4 is 10.5 Å². The molecule has 0 saturated carbocycles. The highest BCUT2D eigenvalue weighted by Gasteiger charge is 2.35. The van der Waals surface area contributed by atoms with Crippen molar-refractivity contribution in [3.8, 4) is 28.6 Å². The normalized spacial score (nSPS) is 15.2. The van der Waals surface area contributed by atoms with E-state index in [0.29, 0.717) is 54.5 Å². The van der Waals surface area contributed by atoms with Crippen LogP contribution in [0, 0.1) is 6.92 Å². The Kier molecular flexibility index (Phi) is 8.37. The molecular formula is C30H38N4O6. The lowest BCUT2D eigenvalue weighted by molar-refractivity contribution is -0.137. The van der Waals surface area contributed by atoms with Crippen molar-refractivity contribution in [1.29, 1.82) is 0 Å². The predicted molar refractivity (Wildman–Crippen MR) is 151 cm³/mol. The van der Waals surface area contributed by atoms with E-state index in [2.05, 4.69) is 10.1 Å². The highest BCUT2D eigenvalue weighted by Crippen LogP contribution is 2.39. The van der Waals surface area contributed by atoms with Crippen LogP contribution in [0.25, 0.3) is 22.8 Å². The smallest absolute Gasteiger partial charge is 0.410 e. The molecule has 0 fully saturated rings. The molecule has 0 radical (unpaired) electrons. The number of carboxylic acids is 1. The number of carboxylic acid groups (broad SMARTS) is 1. The zero-order valence-corrected chi connectivity index (χ0v) is 24.0. The molecule has 1 atom stereocenters. The Morgan fingerprint density at radius 1 is 1.23 bits per heavy atom. The maximum atomic E-state index is 13.1. The van der Waals surface area contributed by atoms with E-state index in [-0.39, 0.29) is 18.6 Å². The summed E-state index contributed by atoms with van der Waals surface area (Å²) in [6.45, 7) is 11.8. The summed E-state index contributed by atoms with van der Waals surface area (Å²) in [7, 11) is 0. The number of nitrogens with zero attached hydrogens (tertiary/aromatic N) is 3. The van der Waals surface area contributed by atoms with Crippen molar-refractivity contribution in [1.82, 2.24) is 15.0 Å². The number of hydrogen-bond donors (Lipinski definition) is 2. The van der Waals surface area contributed by atoms with E-state index >= 15 is 0 Å². The van der Waals surface area contributed by atoms with Gasteiger partial charge in [0.25, 0.3) is 5.89 Å². The number of nitrogens with two attached hydrogens (primary N) is 1. The van der Waals surface area contributed by atoms with Gasteiger partial charge in [-0.3, -0.25) is 4.79 Å². The molecule has 10 heteroatoms. The lowest BCUT2D eigenvalue weighted by Crippen LogP contribution is -2.43. The molecule has 0 bridgehead atoms. The molecule has 0 saturated heterocycles. The molecule has 10 nitrogen and oxygen atoms in total. The number of aromatic nitrogens is 2. The van der Waals surface area contributed by atoms with Crippen LogP contribution in [0.1, 0.15) is 76.6 Å². The van der Waals surface area contributed by atoms with E-state index in [4.69, 9.17) is 19.7 Å². The Hall–Kier alpha value is -4.08. The second kappa shape index (κ2) is 11.6. The molecule has 1 aromatic heterocycles. The number of nitrogen functional groups attached to an aromatic ring is 1. The molecule has 2 heterocycles. The molecule has 0 spiro atoms. The predicted octanol–water partition coefficient (Wildman–Crippen LogP) is 6.17. The maximum Gasteiger partial charge on any atom is 0.410 e. The largest absolute Gasteiger partial charge is 0.489 e. The Morgan fingerprint density at radius 3 is 2.62 bits per heavy atom. The van der Waals surface area contributed by atoms with Crippen LogP contribution in [0.5, 0.6) is 5.75 Å². The number of carbonyl (C=O) groups excluding carboxylic acids is 1. The quantitative estimate of drug-likeness (QED) is 0.315. The lowest BCUT2D eigenvalue weighted by atomic mass is 9.85. The molecule has 1 unspecified atom stereocenters. The van der Waals surface area contributed by atoms with Crippen LogP contribution in [0.4, 0.5) is 10.5 Å². The number of benzene rings is 2. The van der Waals surface area contributed by atoms with E-state index in [1.165, 1.54) is 0 Å². The van der Waals surface area contributed by atoms with E-state index < -0.39 is 17.7 Å². The average molecular weight is 551 g/mol. The highest BCUT2D eigenvalue weighted by molar-refractivity contribution is 5.72. The third-order valence-electron chi connectivity index (χ3n) is 6.76. The van der Waals surface area contributed by atoms with Crippen LogP contribution in [0.15, 0.2) is 34.9 Å². The molecule has 4 rings (SSSR count). The van der Waals surface area contributed by atoms with Crippen LogP contribution in [-0.2, 0) is 16.0 Å². The fourth-order valence-corrected chi connectivity index (χ4v) is 5.01. The second-order valence-corrected chi connectivity index (χ2v) is 11.4. The van der Waals surface area contributed by atoms with Crippen LogP contribution in [0.3, 0.4) is 0 Å². The molecule has 0 aliphatic carbocycles. The second-order valence-electron chi connectivity index (χ2n) is 11.4. The summed E-state index contributed by atoms with van der Waals surface area (Å²) in [5.41, 5.74) is 10.6. The van der Waals surface area contributed by atoms with Crippen LogP contribution >= 0.6 is 0 Å². The van der Waals surface area contributed by atoms with Gasteiger partial charge in [0.1, 0.15) is 11.4 Å². The maximum absolute atomic E-state index is 13.1. The van der Waals surface area contributed by atoms with Gasteiger partial charge >= 0.3 is 12.1 Å². The van der Waals surface area contributed by atoms with Crippen LogP contribution in [0.2, 0.25) is 0 Å².